The molecule has 1 unspecified atom stereocenters. The largest absolute Gasteiger partial charge is 0.497 e. The van der Waals surface area contributed by atoms with E-state index in [1.165, 1.54) is 37.7 Å². The number of esters is 1. The van der Waals surface area contributed by atoms with Crippen LogP contribution in [0.25, 0.3) is 0 Å². The summed E-state index contributed by atoms with van der Waals surface area (Å²) in [5, 5.41) is 7.88. The van der Waals surface area contributed by atoms with E-state index in [4.69, 9.17) is 14.2 Å². The maximum Gasteiger partial charge on any atom is 0.343 e. The summed E-state index contributed by atoms with van der Waals surface area (Å²) in [6.07, 6.45) is 0. The number of hydrogen-bond donors (Lipinski definition) is 1. The summed E-state index contributed by atoms with van der Waals surface area (Å²) in [7, 11) is 1.52. The number of carbonyl (C=O) groups excluding carboxylic acids is 3. The van der Waals surface area contributed by atoms with Gasteiger partial charge in [-0.1, -0.05) is 23.9 Å². The second-order valence-electron chi connectivity index (χ2n) is 6.68. The van der Waals surface area contributed by atoms with Crippen molar-refractivity contribution in [2.45, 2.75) is 26.1 Å². The van der Waals surface area contributed by atoms with Gasteiger partial charge in [0.25, 0.3) is 0 Å². The average Bonchev–Trinajstić information content (AvgIpc) is 3.18. The summed E-state index contributed by atoms with van der Waals surface area (Å²) in [4.78, 5) is 36.1. The zero-order valence-corrected chi connectivity index (χ0v) is 18.9. The van der Waals surface area contributed by atoms with Crippen LogP contribution < -0.4 is 19.5 Å². The molecular weight excluding hydrogens is 434 g/mol. The molecule has 2 aromatic rings. The highest BCUT2D eigenvalue weighted by Crippen LogP contribution is 2.41. The van der Waals surface area contributed by atoms with Gasteiger partial charge < -0.3 is 19.5 Å². The third kappa shape index (κ3) is 5.38. The van der Waals surface area contributed by atoms with Crippen molar-refractivity contribution in [2.24, 2.45) is 5.10 Å². The molecule has 1 aliphatic rings. The van der Waals surface area contributed by atoms with Crippen LogP contribution in [-0.4, -0.2) is 41.7 Å². The Hall–Kier alpha value is -3.53. The number of amidine groups is 1. The number of rotatable bonds is 6. The molecule has 0 saturated heterocycles. The fraction of sp³-hybridized carbons (Fsp3) is 0.273. The molecule has 0 saturated carbocycles. The van der Waals surface area contributed by atoms with Crippen molar-refractivity contribution in [1.82, 2.24) is 10.3 Å². The first-order valence-electron chi connectivity index (χ1n) is 9.78. The Morgan fingerprint density at radius 2 is 1.91 bits per heavy atom. The number of hydrogen-bond acceptors (Lipinski definition) is 8. The topological polar surface area (TPSA) is 107 Å². The molecule has 0 radical (unpaired) electrons. The third-order valence-corrected chi connectivity index (χ3v) is 5.41. The number of carbonyl (C=O) groups is 3. The van der Waals surface area contributed by atoms with Crippen LogP contribution in [0.3, 0.4) is 0 Å². The Morgan fingerprint density at radius 3 is 2.56 bits per heavy atom. The van der Waals surface area contributed by atoms with Gasteiger partial charge in [-0.2, -0.15) is 0 Å². The minimum atomic E-state index is -0.561. The van der Waals surface area contributed by atoms with Crippen LogP contribution in [-0.2, 0) is 9.59 Å². The van der Waals surface area contributed by atoms with E-state index in [0.29, 0.717) is 34.4 Å². The van der Waals surface area contributed by atoms with Crippen LogP contribution in [0, 0.1) is 0 Å². The molecule has 0 bridgehead atoms. The molecule has 2 amide bonds. The number of amides is 2. The van der Waals surface area contributed by atoms with Gasteiger partial charge in [-0.15, -0.1) is 5.10 Å². The van der Waals surface area contributed by atoms with E-state index in [9.17, 15) is 14.4 Å². The summed E-state index contributed by atoms with van der Waals surface area (Å²) in [5.41, 5.74) is 1.03. The molecular formula is C22H23N3O6S. The molecule has 0 aromatic heterocycles. The van der Waals surface area contributed by atoms with Gasteiger partial charge in [0.1, 0.15) is 11.1 Å². The van der Waals surface area contributed by atoms with Crippen LogP contribution >= 0.6 is 11.8 Å². The quantitative estimate of drug-likeness (QED) is 0.524. The number of thioether (sulfide) groups is 1. The van der Waals surface area contributed by atoms with Crippen molar-refractivity contribution in [3.63, 3.8) is 0 Å². The van der Waals surface area contributed by atoms with E-state index in [1.807, 2.05) is 6.92 Å². The fourth-order valence-corrected chi connectivity index (χ4v) is 4.05. The molecule has 9 nitrogen and oxygen atoms in total. The fourth-order valence-electron chi connectivity index (χ4n) is 2.92. The van der Waals surface area contributed by atoms with Crippen LogP contribution in [0.2, 0.25) is 0 Å². The summed E-state index contributed by atoms with van der Waals surface area (Å²) in [5.74, 6) is -0.00135. The van der Waals surface area contributed by atoms with Crippen LogP contribution in [0.15, 0.2) is 47.6 Å². The first kappa shape index (κ1) is 23.1. The third-order valence-electron chi connectivity index (χ3n) is 4.31. The molecule has 0 fully saturated rings. The highest BCUT2D eigenvalue weighted by Gasteiger charge is 2.33. The van der Waals surface area contributed by atoms with Gasteiger partial charge in [0.2, 0.25) is 11.8 Å². The smallest absolute Gasteiger partial charge is 0.343 e. The minimum Gasteiger partial charge on any atom is -0.497 e. The first-order valence-corrected chi connectivity index (χ1v) is 10.7. The van der Waals surface area contributed by atoms with Crippen molar-refractivity contribution in [3.05, 3.63) is 53.6 Å². The van der Waals surface area contributed by atoms with Crippen LogP contribution in [0.4, 0.5) is 0 Å². The maximum absolute atomic E-state index is 12.6. The van der Waals surface area contributed by atoms with Gasteiger partial charge >= 0.3 is 5.97 Å². The van der Waals surface area contributed by atoms with Crippen molar-refractivity contribution < 1.29 is 28.6 Å². The second-order valence-corrected chi connectivity index (χ2v) is 7.75. The van der Waals surface area contributed by atoms with Crippen molar-refractivity contribution in [1.29, 1.82) is 0 Å². The summed E-state index contributed by atoms with van der Waals surface area (Å²) >= 11 is 1.22. The molecule has 1 aliphatic heterocycles. The number of hydrazone groups is 1. The van der Waals surface area contributed by atoms with Crippen molar-refractivity contribution >= 4 is 34.7 Å². The van der Waals surface area contributed by atoms with Gasteiger partial charge in [0.05, 0.1) is 19.3 Å². The lowest BCUT2D eigenvalue weighted by Crippen LogP contribution is -2.25. The van der Waals surface area contributed by atoms with Gasteiger partial charge in [0.15, 0.2) is 16.7 Å². The zero-order valence-electron chi connectivity index (χ0n) is 18.1. The van der Waals surface area contributed by atoms with E-state index >= 15 is 0 Å². The van der Waals surface area contributed by atoms with Crippen LogP contribution in [0.5, 0.6) is 17.2 Å². The zero-order chi connectivity index (χ0) is 23.3. The van der Waals surface area contributed by atoms with E-state index in [2.05, 4.69) is 10.4 Å². The number of nitrogens with one attached hydrogen (secondary N) is 1. The summed E-state index contributed by atoms with van der Waals surface area (Å²) < 4.78 is 16.4. The van der Waals surface area contributed by atoms with E-state index in [1.54, 1.807) is 42.5 Å². The van der Waals surface area contributed by atoms with E-state index in [0.717, 1.165) is 0 Å². The Balaban J connectivity index is 1.86. The van der Waals surface area contributed by atoms with E-state index < -0.39 is 11.3 Å². The Bertz CT molecular complexity index is 1070. The molecule has 32 heavy (non-hydrogen) atoms. The number of ether oxygens (including phenoxy) is 3. The molecule has 10 heteroatoms. The molecule has 3 rings (SSSR count). The number of nitrogens with zero attached hydrogens (tertiary/aromatic N) is 2. The van der Waals surface area contributed by atoms with Gasteiger partial charge in [0, 0.05) is 13.8 Å². The van der Waals surface area contributed by atoms with Crippen molar-refractivity contribution in [3.8, 4) is 17.2 Å². The molecule has 1 atom stereocenters. The second kappa shape index (κ2) is 10.2. The average molecular weight is 458 g/mol. The molecule has 0 spiro atoms. The Kier molecular flexibility index (Phi) is 7.37. The normalized spacial score (nSPS) is 15.1. The Morgan fingerprint density at radius 1 is 1.12 bits per heavy atom. The maximum atomic E-state index is 12.6. The monoisotopic (exact) mass is 457 g/mol. The van der Waals surface area contributed by atoms with Gasteiger partial charge in [-0.25, -0.2) is 9.80 Å². The van der Waals surface area contributed by atoms with E-state index in [-0.39, 0.29) is 17.6 Å². The lowest BCUT2D eigenvalue weighted by molar-refractivity contribution is -0.129. The predicted molar refractivity (Wildman–Crippen MR) is 120 cm³/mol. The Labute approximate surface area is 189 Å². The molecule has 1 N–H and O–H groups in total. The summed E-state index contributed by atoms with van der Waals surface area (Å²) in [6.45, 7) is 4.91. The SMILES string of the molecule is CCOc1cc(C2SC(NC(C)=O)=NN2C(C)=O)ccc1OC(=O)c1cccc(OC)c1. The molecule has 1 heterocycles. The standard InChI is InChI=1S/C22H23N3O6S/c1-5-30-19-12-15(20-25(14(3)27)24-22(32-20)23-13(2)26)9-10-18(19)31-21(28)16-7-6-8-17(11-16)29-4/h6-12,20H,5H2,1-4H3,(H,23,24,26). The highest BCUT2D eigenvalue weighted by molar-refractivity contribution is 8.14. The van der Waals surface area contributed by atoms with Crippen molar-refractivity contribution in [2.75, 3.05) is 13.7 Å². The van der Waals surface area contributed by atoms with Gasteiger partial charge in [-0.3, -0.25) is 9.59 Å². The predicted octanol–water partition coefficient (Wildman–Crippen LogP) is 3.31. The molecule has 168 valence electrons. The highest BCUT2D eigenvalue weighted by atomic mass is 32.2. The van der Waals surface area contributed by atoms with Gasteiger partial charge in [-0.05, 0) is 42.8 Å². The number of methoxy groups -OCH3 is 1. The molecule has 0 aliphatic carbocycles. The first-order chi connectivity index (χ1) is 15.3. The van der Waals surface area contributed by atoms with Crippen LogP contribution in [0.1, 0.15) is 42.1 Å². The number of benzene rings is 2. The lowest BCUT2D eigenvalue weighted by atomic mass is 10.2. The minimum absolute atomic E-state index is 0.240. The lowest BCUT2D eigenvalue weighted by Gasteiger charge is -2.20. The molecule has 2 aromatic carbocycles. The summed E-state index contributed by atoms with van der Waals surface area (Å²) in [6, 6.07) is 11.6.